The molecule has 6 nitrogen and oxygen atoms in total. The molecule has 3 rings (SSSR count). The van der Waals surface area contributed by atoms with Crippen molar-refractivity contribution in [2.24, 2.45) is 0 Å². The molecular formula is C18H24N4O2. The van der Waals surface area contributed by atoms with Gasteiger partial charge in [0.25, 0.3) is 0 Å². The summed E-state index contributed by atoms with van der Waals surface area (Å²) in [5.41, 5.74) is 2.99. The summed E-state index contributed by atoms with van der Waals surface area (Å²) < 4.78 is 5.51. The number of amides is 1. The number of aromatic nitrogens is 2. The Morgan fingerprint density at radius 1 is 1.42 bits per heavy atom. The average Bonchev–Trinajstić information content (AvgIpc) is 3.25. The van der Waals surface area contributed by atoms with Gasteiger partial charge in [-0.25, -0.2) is 0 Å². The highest BCUT2D eigenvalue weighted by Gasteiger charge is 2.16. The van der Waals surface area contributed by atoms with E-state index in [0.717, 1.165) is 36.4 Å². The summed E-state index contributed by atoms with van der Waals surface area (Å²) in [6.07, 6.45) is 2.30. The Hall–Kier alpha value is -2.18. The third-order valence-corrected chi connectivity index (χ3v) is 4.11. The number of carbonyl (C=O) groups is 1. The molecule has 24 heavy (non-hydrogen) atoms. The van der Waals surface area contributed by atoms with Crippen LogP contribution in [0.5, 0.6) is 0 Å². The van der Waals surface area contributed by atoms with Crippen molar-refractivity contribution in [3.05, 3.63) is 42.1 Å². The van der Waals surface area contributed by atoms with Crippen molar-refractivity contribution >= 4 is 5.91 Å². The molecule has 1 aromatic heterocycles. The van der Waals surface area contributed by atoms with Gasteiger partial charge in [-0.15, -0.1) is 0 Å². The van der Waals surface area contributed by atoms with Crippen molar-refractivity contribution in [1.82, 2.24) is 20.4 Å². The smallest absolute Gasteiger partial charge is 0.234 e. The van der Waals surface area contributed by atoms with Gasteiger partial charge in [0.2, 0.25) is 5.91 Å². The van der Waals surface area contributed by atoms with Crippen molar-refractivity contribution in [3.8, 4) is 11.3 Å². The second kappa shape index (κ2) is 8.08. The van der Waals surface area contributed by atoms with Gasteiger partial charge in [-0.2, -0.15) is 5.10 Å². The number of nitrogens with zero attached hydrogens (tertiary/aromatic N) is 2. The second-order valence-electron chi connectivity index (χ2n) is 6.26. The standard InChI is InChI=1S/C18H24N4O2/c1-22(13-18(23)19-11-16-8-5-9-24-16)12-15-10-17(21-20-15)14-6-3-2-4-7-14/h2-4,6-7,10,16H,5,8-9,11-13H2,1H3,(H,19,23)(H,20,21). The lowest BCUT2D eigenvalue weighted by atomic mass is 10.1. The summed E-state index contributed by atoms with van der Waals surface area (Å²) in [6.45, 7) is 2.42. The van der Waals surface area contributed by atoms with Crippen LogP contribution in [-0.2, 0) is 16.1 Å². The van der Waals surface area contributed by atoms with Crippen molar-refractivity contribution in [2.45, 2.75) is 25.5 Å². The third kappa shape index (κ3) is 4.66. The average molecular weight is 328 g/mol. The number of H-pyrrole nitrogens is 1. The molecule has 6 heteroatoms. The van der Waals surface area contributed by atoms with Gasteiger partial charge in [-0.1, -0.05) is 30.3 Å². The van der Waals surface area contributed by atoms with Crippen LogP contribution in [0.1, 0.15) is 18.5 Å². The van der Waals surface area contributed by atoms with E-state index in [0.29, 0.717) is 19.6 Å². The number of hydrogen-bond acceptors (Lipinski definition) is 4. The molecule has 1 aliphatic rings. The highest BCUT2D eigenvalue weighted by atomic mass is 16.5. The summed E-state index contributed by atoms with van der Waals surface area (Å²) >= 11 is 0. The first-order chi connectivity index (χ1) is 11.7. The molecule has 0 bridgehead atoms. The van der Waals surface area contributed by atoms with Gasteiger partial charge in [0.05, 0.1) is 18.3 Å². The second-order valence-corrected chi connectivity index (χ2v) is 6.26. The number of hydrogen-bond donors (Lipinski definition) is 2. The van der Waals surface area contributed by atoms with E-state index in [2.05, 4.69) is 15.5 Å². The van der Waals surface area contributed by atoms with Gasteiger partial charge in [-0.3, -0.25) is 14.8 Å². The lowest BCUT2D eigenvalue weighted by molar-refractivity contribution is -0.122. The first kappa shape index (κ1) is 16.7. The lowest BCUT2D eigenvalue weighted by Crippen LogP contribution is -2.38. The molecule has 128 valence electrons. The molecule has 1 unspecified atom stereocenters. The molecule has 0 aliphatic carbocycles. The van der Waals surface area contributed by atoms with Crippen LogP contribution in [0.3, 0.4) is 0 Å². The van der Waals surface area contributed by atoms with E-state index in [1.165, 1.54) is 0 Å². The molecule has 0 radical (unpaired) electrons. The Morgan fingerprint density at radius 2 is 2.25 bits per heavy atom. The largest absolute Gasteiger partial charge is 0.376 e. The Morgan fingerprint density at radius 3 is 3.00 bits per heavy atom. The molecule has 1 aliphatic heterocycles. The zero-order valence-electron chi connectivity index (χ0n) is 14.0. The predicted molar refractivity (Wildman–Crippen MR) is 92.3 cm³/mol. The molecule has 1 aromatic carbocycles. The van der Waals surface area contributed by atoms with Gasteiger partial charge in [0.15, 0.2) is 0 Å². The summed E-state index contributed by atoms with van der Waals surface area (Å²) in [6, 6.07) is 12.1. The number of likely N-dealkylation sites (N-methyl/N-ethyl adjacent to an activating group) is 1. The van der Waals surface area contributed by atoms with Crippen LogP contribution in [0.15, 0.2) is 36.4 Å². The first-order valence-corrected chi connectivity index (χ1v) is 8.37. The van der Waals surface area contributed by atoms with Crippen molar-refractivity contribution < 1.29 is 9.53 Å². The molecule has 2 heterocycles. The highest BCUT2D eigenvalue weighted by molar-refractivity contribution is 5.78. The van der Waals surface area contributed by atoms with Gasteiger partial charge in [0.1, 0.15) is 0 Å². The fourth-order valence-corrected chi connectivity index (χ4v) is 2.88. The minimum Gasteiger partial charge on any atom is -0.376 e. The normalized spacial score (nSPS) is 17.3. The molecule has 2 N–H and O–H groups in total. The van der Waals surface area contributed by atoms with E-state index in [9.17, 15) is 4.79 Å². The summed E-state index contributed by atoms with van der Waals surface area (Å²) in [4.78, 5) is 14.0. The van der Waals surface area contributed by atoms with Gasteiger partial charge < -0.3 is 10.1 Å². The molecule has 1 amide bonds. The number of nitrogens with one attached hydrogen (secondary N) is 2. The molecule has 0 saturated carbocycles. The maximum Gasteiger partial charge on any atom is 0.234 e. The van der Waals surface area contributed by atoms with E-state index in [1.54, 1.807) is 0 Å². The first-order valence-electron chi connectivity index (χ1n) is 8.37. The SMILES string of the molecule is CN(CC(=O)NCC1CCCO1)Cc1cc(-c2ccccc2)n[nH]1. The summed E-state index contributed by atoms with van der Waals surface area (Å²) in [5, 5.41) is 10.3. The number of aromatic amines is 1. The highest BCUT2D eigenvalue weighted by Crippen LogP contribution is 2.17. The maximum atomic E-state index is 12.0. The number of rotatable bonds is 7. The molecule has 1 fully saturated rings. The van der Waals surface area contributed by atoms with Crippen molar-refractivity contribution in [2.75, 3.05) is 26.7 Å². The van der Waals surface area contributed by atoms with Crippen LogP contribution in [0, 0.1) is 0 Å². The van der Waals surface area contributed by atoms with Crippen LogP contribution in [-0.4, -0.2) is 53.9 Å². The van der Waals surface area contributed by atoms with Crippen LogP contribution in [0.4, 0.5) is 0 Å². The zero-order valence-corrected chi connectivity index (χ0v) is 14.0. The topological polar surface area (TPSA) is 70.2 Å². The van der Waals surface area contributed by atoms with Gasteiger partial charge in [-0.05, 0) is 26.0 Å². The summed E-state index contributed by atoms with van der Waals surface area (Å²) in [5.74, 6) is 0.0239. The van der Waals surface area contributed by atoms with Crippen molar-refractivity contribution in [1.29, 1.82) is 0 Å². The third-order valence-electron chi connectivity index (χ3n) is 4.11. The maximum absolute atomic E-state index is 12.0. The Labute approximate surface area is 142 Å². The van der Waals surface area contributed by atoms with E-state index in [1.807, 2.05) is 48.3 Å². The summed E-state index contributed by atoms with van der Waals surface area (Å²) in [7, 11) is 1.93. The van der Waals surface area contributed by atoms with Crippen LogP contribution in [0.25, 0.3) is 11.3 Å². The molecule has 2 aromatic rings. The Kier molecular flexibility index (Phi) is 5.61. The van der Waals surface area contributed by atoms with Gasteiger partial charge >= 0.3 is 0 Å². The van der Waals surface area contributed by atoms with E-state index < -0.39 is 0 Å². The van der Waals surface area contributed by atoms with Crippen LogP contribution < -0.4 is 5.32 Å². The van der Waals surface area contributed by atoms with E-state index in [4.69, 9.17) is 4.74 Å². The Bertz CT molecular complexity index is 650. The molecule has 1 atom stereocenters. The molecule has 1 saturated heterocycles. The van der Waals surface area contributed by atoms with Crippen LogP contribution in [0.2, 0.25) is 0 Å². The number of benzene rings is 1. The minimum absolute atomic E-state index is 0.0239. The number of carbonyl (C=O) groups excluding carboxylic acids is 1. The number of ether oxygens (including phenoxy) is 1. The fourth-order valence-electron chi connectivity index (χ4n) is 2.88. The zero-order chi connectivity index (χ0) is 16.8. The monoisotopic (exact) mass is 328 g/mol. The molecular weight excluding hydrogens is 304 g/mol. The van der Waals surface area contributed by atoms with Crippen LogP contribution >= 0.6 is 0 Å². The molecule has 0 spiro atoms. The van der Waals surface area contributed by atoms with E-state index in [-0.39, 0.29) is 12.0 Å². The van der Waals surface area contributed by atoms with Crippen molar-refractivity contribution in [3.63, 3.8) is 0 Å². The lowest BCUT2D eigenvalue weighted by Gasteiger charge is -2.16. The minimum atomic E-state index is 0.0239. The fraction of sp³-hybridized carbons (Fsp3) is 0.444. The Balaban J connectivity index is 1.45. The van der Waals surface area contributed by atoms with Gasteiger partial charge in [0, 0.05) is 31.0 Å². The van der Waals surface area contributed by atoms with E-state index >= 15 is 0 Å². The predicted octanol–water partition coefficient (Wildman–Crippen LogP) is 1.80. The quantitative estimate of drug-likeness (QED) is 0.813.